The maximum Gasteiger partial charge on any atom is 0.341 e. The average Bonchev–Trinajstić information content (AvgIpc) is 2.58. The zero-order valence-electron chi connectivity index (χ0n) is 15.2. The van der Waals surface area contributed by atoms with Crippen molar-refractivity contribution in [3.8, 4) is 0 Å². The van der Waals surface area contributed by atoms with Crippen LogP contribution in [0.25, 0.3) is 0 Å². The molecule has 5 heteroatoms. The Balaban J connectivity index is 3.10. The van der Waals surface area contributed by atoms with E-state index in [9.17, 15) is 14.4 Å². The Bertz CT molecular complexity index is 638. The molecule has 0 heterocycles. The smallest absolute Gasteiger partial charge is 0.341 e. The van der Waals surface area contributed by atoms with E-state index in [4.69, 9.17) is 0 Å². The number of ketones is 1. The van der Waals surface area contributed by atoms with Crippen LogP contribution in [-0.4, -0.2) is 31.9 Å². The first-order chi connectivity index (χ1) is 11.7. The van der Waals surface area contributed by atoms with E-state index in [2.05, 4.69) is 9.47 Å². The summed E-state index contributed by atoms with van der Waals surface area (Å²) in [6, 6.07) is 9.45. The van der Waals surface area contributed by atoms with Gasteiger partial charge in [-0.05, 0) is 23.8 Å². The van der Waals surface area contributed by atoms with Gasteiger partial charge in [-0.1, -0.05) is 51.1 Å². The van der Waals surface area contributed by atoms with Crippen LogP contribution in [0, 0.1) is 24.2 Å². The van der Waals surface area contributed by atoms with Gasteiger partial charge in [-0.2, -0.15) is 0 Å². The highest BCUT2D eigenvalue weighted by Gasteiger charge is 2.36. The van der Waals surface area contributed by atoms with Gasteiger partial charge in [0, 0.05) is 6.08 Å². The molecule has 1 rings (SSSR count). The van der Waals surface area contributed by atoms with Crippen LogP contribution in [0.3, 0.4) is 0 Å². The van der Waals surface area contributed by atoms with Crippen LogP contribution in [0.15, 0.2) is 42.0 Å². The van der Waals surface area contributed by atoms with Gasteiger partial charge in [0.25, 0.3) is 0 Å². The second-order valence-corrected chi connectivity index (χ2v) is 6.31. The number of carbonyl (C=O) groups is 3. The Hall–Kier alpha value is -2.43. The monoisotopic (exact) mass is 343 g/mol. The molecule has 3 radical (unpaired) electrons. The van der Waals surface area contributed by atoms with Crippen molar-refractivity contribution in [1.82, 2.24) is 0 Å². The number of esters is 2. The zero-order chi connectivity index (χ0) is 19.0. The van der Waals surface area contributed by atoms with E-state index in [1.807, 2.05) is 51.1 Å². The average molecular weight is 343 g/mol. The summed E-state index contributed by atoms with van der Waals surface area (Å²) in [7, 11) is 2.32. The van der Waals surface area contributed by atoms with Crippen LogP contribution in [0.2, 0.25) is 0 Å². The number of carbonyl (C=O) groups excluding carboxylic acids is 3. The molecular formula is C20H23O5. The maximum atomic E-state index is 12.9. The fourth-order valence-electron chi connectivity index (χ4n) is 2.06. The predicted molar refractivity (Wildman–Crippen MR) is 94.0 cm³/mol. The lowest BCUT2D eigenvalue weighted by molar-refractivity contribution is -0.140. The molecule has 0 saturated heterocycles. The molecule has 133 valence electrons. The number of methoxy groups -OCH3 is 2. The summed E-state index contributed by atoms with van der Waals surface area (Å²) in [5.41, 5.74) is -0.00315. The minimum atomic E-state index is -0.884. The van der Waals surface area contributed by atoms with E-state index in [1.165, 1.54) is 7.11 Å². The number of rotatable bonds is 7. The second kappa shape index (κ2) is 9.16. The molecule has 0 aromatic heterocycles. The highest BCUT2D eigenvalue weighted by atomic mass is 16.5. The first-order valence-corrected chi connectivity index (χ1v) is 7.74. The largest absolute Gasteiger partial charge is 0.466 e. The van der Waals surface area contributed by atoms with E-state index in [0.29, 0.717) is 5.92 Å². The van der Waals surface area contributed by atoms with Gasteiger partial charge in [0.05, 0.1) is 20.1 Å². The normalized spacial score (nSPS) is 12.0. The van der Waals surface area contributed by atoms with Crippen LogP contribution in [0.5, 0.6) is 0 Å². The molecule has 0 amide bonds. The summed E-state index contributed by atoms with van der Waals surface area (Å²) in [5, 5.41) is 0. The molecule has 0 spiro atoms. The Morgan fingerprint density at radius 3 is 2.04 bits per heavy atom. The van der Waals surface area contributed by atoms with Gasteiger partial charge in [0.15, 0.2) is 5.78 Å². The van der Waals surface area contributed by atoms with Gasteiger partial charge < -0.3 is 9.47 Å². The molecule has 0 bridgehead atoms. The van der Waals surface area contributed by atoms with Crippen molar-refractivity contribution in [2.45, 2.75) is 20.8 Å². The summed E-state index contributed by atoms with van der Waals surface area (Å²) in [5.74, 6) is -1.88. The minimum Gasteiger partial charge on any atom is -0.466 e. The molecule has 0 fully saturated rings. The van der Waals surface area contributed by atoms with Gasteiger partial charge in [-0.25, -0.2) is 9.59 Å². The van der Waals surface area contributed by atoms with E-state index in [1.54, 1.807) is 12.8 Å². The third-order valence-electron chi connectivity index (χ3n) is 3.41. The number of benzene rings is 1. The lowest BCUT2D eigenvalue weighted by atomic mass is 9.73. The molecule has 0 atom stereocenters. The molecule has 25 heavy (non-hydrogen) atoms. The molecule has 1 aromatic rings. The van der Waals surface area contributed by atoms with Crippen LogP contribution >= 0.6 is 0 Å². The summed E-state index contributed by atoms with van der Waals surface area (Å²) in [6.45, 7) is 5.55. The standard InChI is InChI=1S/C20H23O5/c1-20(2,3)16(12-11-14-9-7-6-8-10-14)18(22)15(19(23)25-5)13-17(21)24-4/h6-13H,1-5H3. The molecular weight excluding hydrogens is 320 g/mol. The van der Waals surface area contributed by atoms with E-state index >= 15 is 0 Å². The SMILES string of the molecule is COC(=O)C=C(C(=O)OC)C(=O)[C]([CH][CH]c1ccccc1)C(C)(C)C. The quantitative estimate of drug-likeness (QED) is 0.329. The lowest BCUT2D eigenvalue weighted by Gasteiger charge is -2.28. The van der Waals surface area contributed by atoms with Crippen molar-refractivity contribution in [3.05, 3.63) is 66.3 Å². The van der Waals surface area contributed by atoms with E-state index in [0.717, 1.165) is 18.7 Å². The fraction of sp³-hybridized carbons (Fsp3) is 0.300. The number of hydrogen-bond acceptors (Lipinski definition) is 5. The topological polar surface area (TPSA) is 69.7 Å². The maximum absolute atomic E-state index is 12.9. The Morgan fingerprint density at radius 2 is 1.56 bits per heavy atom. The molecule has 0 aliphatic rings. The van der Waals surface area contributed by atoms with E-state index in [-0.39, 0.29) is 5.57 Å². The van der Waals surface area contributed by atoms with Crippen molar-refractivity contribution < 1.29 is 23.9 Å². The molecule has 0 saturated carbocycles. The summed E-state index contributed by atoms with van der Waals surface area (Å²) >= 11 is 0. The third kappa shape index (κ3) is 6.18. The second-order valence-electron chi connectivity index (χ2n) is 6.31. The van der Waals surface area contributed by atoms with Crippen molar-refractivity contribution >= 4 is 17.7 Å². The summed E-state index contributed by atoms with van der Waals surface area (Å²) in [6.07, 6.45) is 4.30. The van der Waals surface area contributed by atoms with E-state index < -0.39 is 23.1 Å². The van der Waals surface area contributed by atoms with Crippen molar-refractivity contribution in [2.24, 2.45) is 5.41 Å². The number of ether oxygens (including phenoxy) is 2. The molecule has 0 aliphatic heterocycles. The Labute approximate surface area is 149 Å². The third-order valence-corrected chi connectivity index (χ3v) is 3.41. The molecule has 0 aliphatic carbocycles. The van der Waals surface area contributed by atoms with Crippen molar-refractivity contribution in [3.63, 3.8) is 0 Å². The first-order valence-electron chi connectivity index (χ1n) is 7.74. The Kier molecular flexibility index (Phi) is 7.55. The minimum absolute atomic E-state index is 0.364. The number of hydrogen-bond donors (Lipinski definition) is 0. The molecule has 5 nitrogen and oxygen atoms in total. The predicted octanol–water partition coefficient (Wildman–Crippen LogP) is 2.91. The van der Waals surface area contributed by atoms with Gasteiger partial charge in [-0.3, -0.25) is 4.79 Å². The van der Waals surface area contributed by atoms with Crippen LogP contribution in [0.4, 0.5) is 0 Å². The van der Waals surface area contributed by atoms with Gasteiger partial charge >= 0.3 is 11.9 Å². The van der Waals surface area contributed by atoms with Crippen LogP contribution in [0.1, 0.15) is 26.3 Å². The van der Waals surface area contributed by atoms with Gasteiger partial charge in [0.2, 0.25) is 0 Å². The summed E-state index contributed by atoms with van der Waals surface area (Å²) < 4.78 is 9.15. The molecule has 0 N–H and O–H groups in total. The van der Waals surface area contributed by atoms with Crippen molar-refractivity contribution in [1.29, 1.82) is 0 Å². The highest BCUT2D eigenvalue weighted by molar-refractivity contribution is 6.25. The highest BCUT2D eigenvalue weighted by Crippen LogP contribution is 2.34. The van der Waals surface area contributed by atoms with Crippen LogP contribution in [-0.2, 0) is 23.9 Å². The molecule has 0 unspecified atom stereocenters. The number of Topliss-reactive ketones (excluding diaryl/α,β-unsaturated/α-hetero) is 1. The zero-order valence-corrected chi connectivity index (χ0v) is 15.2. The molecule has 1 aromatic carbocycles. The fourth-order valence-corrected chi connectivity index (χ4v) is 2.06. The Morgan fingerprint density at radius 1 is 0.960 bits per heavy atom. The van der Waals surface area contributed by atoms with Crippen molar-refractivity contribution in [2.75, 3.05) is 14.2 Å². The van der Waals surface area contributed by atoms with Crippen LogP contribution < -0.4 is 0 Å². The van der Waals surface area contributed by atoms with Gasteiger partial charge in [-0.15, -0.1) is 0 Å². The van der Waals surface area contributed by atoms with Gasteiger partial charge in [0.1, 0.15) is 5.57 Å². The summed E-state index contributed by atoms with van der Waals surface area (Å²) in [4.78, 5) is 36.4. The first kappa shape index (κ1) is 20.6. The lowest BCUT2D eigenvalue weighted by Crippen LogP contribution is -2.31.